The van der Waals surface area contributed by atoms with Crippen molar-refractivity contribution in [3.8, 4) is 0 Å². The number of rotatable bonds is 4. The van der Waals surface area contributed by atoms with Gasteiger partial charge in [-0.2, -0.15) is 0 Å². The molecule has 1 fully saturated rings. The molecule has 0 N–H and O–H groups in total. The summed E-state index contributed by atoms with van der Waals surface area (Å²) in [5.74, 6) is -0.444. The van der Waals surface area contributed by atoms with Crippen molar-refractivity contribution < 1.29 is 19.0 Å². The summed E-state index contributed by atoms with van der Waals surface area (Å²) in [6, 6.07) is 15.1. The quantitative estimate of drug-likeness (QED) is 0.771. The lowest BCUT2D eigenvalue weighted by Crippen LogP contribution is -2.28. The highest BCUT2D eigenvalue weighted by Gasteiger charge is 2.44. The lowest BCUT2D eigenvalue weighted by molar-refractivity contribution is -0.157. The van der Waals surface area contributed by atoms with Gasteiger partial charge in [0.25, 0.3) is 0 Å². The van der Waals surface area contributed by atoms with Gasteiger partial charge in [0, 0.05) is 16.1 Å². The van der Waals surface area contributed by atoms with Gasteiger partial charge in [-0.05, 0) is 25.5 Å². The van der Waals surface area contributed by atoms with Crippen LogP contribution in [0.3, 0.4) is 0 Å². The summed E-state index contributed by atoms with van der Waals surface area (Å²) in [6.45, 7) is 3.98. The van der Waals surface area contributed by atoms with E-state index in [1.807, 2.05) is 49.4 Å². The van der Waals surface area contributed by atoms with Crippen molar-refractivity contribution in [1.82, 2.24) is 0 Å². The maximum atomic E-state index is 12.4. The van der Waals surface area contributed by atoms with Gasteiger partial charge in [0.1, 0.15) is 6.10 Å². The van der Waals surface area contributed by atoms with Crippen LogP contribution in [0.2, 0.25) is 5.02 Å². The van der Waals surface area contributed by atoms with Crippen LogP contribution in [-0.2, 0) is 19.0 Å². The van der Waals surface area contributed by atoms with Gasteiger partial charge >= 0.3 is 5.97 Å². The maximum absolute atomic E-state index is 12.4. The largest absolute Gasteiger partial charge is 0.464 e. The first-order valence-corrected chi connectivity index (χ1v) is 8.27. The molecule has 0 spiro atoms. The van der Waals surface area contributed by atoms with E-state index < -0.39 is 24.5 Å². The summed E-state index contributed by atoms with van der Waals surface area (Å²) in [5, 5.41) is 0.548. The molecule has 3 rings (SSSR count). The van der Waals surface area contributed by atoms with E-state index in [0.717, 1.165) is 16.7 Å². The maximum Gasteiger partial charge on any atom is 0.338 e. The first-order valence-electron chi connectivity index (χ1n) is 7.89. The van der Waals surface area contributed by atoms with Crippen LogP contribution in [0.15, 0.2) is 48.5 Å². The highest BCUT2D eigenvalue weighted by molar-refractivity contribution is 6.31. The molecule has 0 bridgehead atoms. The van der Waals surface area contributed by atoms with E-state index in [9.17, 15) is 4.79 Å². The van der Waals surface area contributed by atoms with Crippen LogP contribution in [0.25, 0.3) is 0 Å². The Kier molecular flexibility index (Phi) is 5.19. The Morgan fingerprint density at radius 3 is 2.54 bits per heavy atom. The summed E-state index contributed by atoms with van der Waals surface area (Å²) >= 11 is 6.36. The van der Waals surface area contributed by atoms with Gasteiger partial charge in [0.05, 0.1) is 6.61 Å². The Bertz CT molecular complexity index is 696. The fraction of sp³-hybridized carbons (Fsp3) is 0.316. The van der Waals surface area contributed by atoms with E-state index in [2.05, 4.69) is 0 Å². The fourth-order valence-corrected chi connectivity index (χ4v) is 3.17. The number of halogens is 1. The summed E-state index contributed by atoms with van der Waals surface area (Å²) in [5.41, 5.74) is 2.55. The molecule has 0 aliphatic carbocycles. The van der Waals surface area contributed by atoms with Gasteiger partial charge in [-0.1, -0.05) is 54.1 Å². The third-order valence-corrected chi connectivity index (χ3v) is 4.29. The molecule has 5 heteroatoms. The minimum atomic E-state index is -0.853. The predicted molar refractivity (Wildman–Crippen MR) is 90.7 cm³/mol. The predicted octanol–water partition coefficient (Wildman–Crippen LogP) is 4.37. The smallest absolute Gasteiger partial charge is 0.338 e. The second-order valence-electron chi connectivity index (χ2n) is 5.58. The summed E-state index contributed by atoms with van der Waals surface area (Å²) < 4.78 is 17.1. The number of hydrogen-bond donors (Lipinski definition) is 0. The van der Waals surface area contributed by atoms with Crippen molar-refractivity contribution >= 4 is 17.6 Å². The van der Waals surface area contributed by atoms with Gasteiger partial charge in [-0.15, -0.1) is 0 Å². The van der Waals surface area contributed by atoms with Crippen molar-refractivity contribution in [1.29, 1.82) is 0 Å². The fourth-order valence-electron chi connectivity index (χ4n) is 2.84. The standard InChI is InChI=1S/C19H19ClO4/c1-3-22-18(21)17-16(15-12(2)8-7-11-14(15)20)23-19(24-17)13-9-5-4-6-10-13/h4-11,16-17,19H,3H2,1-2H3/t16-,17+,19?/m1/s1. The summed E-state index contributed by atoms with van der Waals surface area (Å²) in [7, 11) is 0. The SMILES string of the molecule is CCOC(=O)[C@H]1OC(c2ccccc2)O[C@@H]1c1c(C)cccc1Cl. The van der Waals surface area contributed by atoms with E-state index in [1.54, 1.807) is 13.0 Å². The van der Waals surface area contributed by atoms with Crippen LogP contribution in [0.5, 0.6) is 0 Å². The van der Waals surface area contributed by atoms with Gasteiger partial charge < -0.3 is 14.2 Å². The van der Waals surface area contributed by atoms with E-state index in [0.29, 0.717) is 5.02 Å². The van der Waals surface area contributed by atoms with Gasteiger partial charge in [0.15, 0.2) is 12.4 Å². The molecular formula is C19H19ClO4. The van der Waals surface area contributed by atoms with Crippen LogP contribution >= 0.6 is 11.6 Å². The molecular weight excluding hydrogens is 328 g/mol. The summed E-state index contributed by atoms with van der Waals surface area (Å²) in [6.07, 6.45) is -2.10. The van der Waals surface area contributed by atoms with E-state index >= 15 is 0 Å². The Morgan fingerprint density at radius 2 is 1.88 bits per heavy atom. The molecule has 2 aromatic carbocycles. The molecule has 1 saturated heterocycles. The molecule has 4 nitrogen and oxygen atoms in total. The summed E-state index contributed by atoms with van der Waals surface area (Å²) in [4.78, 5) is 12.4. The highest BCUT2D eigenvalue weighted by atomic mass is 35.5. The van der Waals surface area contributed by atoms with Crippen LogP contribution in [0, 0.1) is 6.92 Å². The molecule has 0 radical (unpaired) electrons. The third-order valence-electron chi connectivity index (χ3n) is 3.96. The van der Waals surface area contributed by atoms with Crippen molar-refractivity contribution in [3.63, 3.8) is 0 Å². The van der Waals surface area contributed by atoms with Gasteiger partial charge in [0.2, 0.25) is 0 Å². The molecule has 2 aromatic rings. The molecule has 126 valence electrons. The van der Waals surface area contributed by atoms with Crippen molar-refractivity contribution in [2.75, 3.05) is 6.61 Å². The Morgan fingerprint density at radius 1 is 1.12 bits per heavy atom. The van der Waals surface area contributed by atoms with Crippen molar-refractivity contribution in [2.45, 2.75) is 32.3 Å². The Labute approximate surface area is 146 Å². The number of carbonyl (C=O) groups is 1. The van der Waals surface area contributed by atoms with E-state index in [4.69, 9.17) is 25.8 Å². The number of benzene rings is 2. The molecule has 0 amide bonds. The monoisotopic (exact) mass is 346 g/mol. The average Bonchev–Trinajstić information content (AvgIpc) is 3.01. The molecule has 0 aromatic heterocycles. The zero-order chi connectivity index (χ0) is 17.1. The second kappa shape index (κ2) is 7.34. The lowest BCUT2D eigenvalue weighted by Gasteiger charge is -2.19. The van der Waals surface area contributed by atoms with Crippen LogP contribution < -0.4 is 0 Å². The topological polar surface area (TPSA) is 44.8 Å². The van der Waals surface area contributed by atoms with E-state index in [1.165, 1.54) is 0 Å². The minimum Gasteiger partial charge on any atom is -0.464 e. The normalized spacial score (nSPS) is 23.2. The van der Waals surface area contributed by atoms with Crippen molar-refractivity contribution in [2.24, 2.45) is 0 Å². The Balaban J connectivity index is 1.96. The second-order valence-corrected chi connectivity index (χ2v) is 5.99. The molecule has 1 aliphatic heterocycles. The molecule has 3 atom stereocenters. The first-order chi connectivity index (χ1) is 11.6. The first kappa shape index (κ1) is 17.0. The highest BCUT2D eigenvalue weighted by Crippen LogP contribution is 2.43. The minimum absolute atomic E-state index is 0.281. The van der Waals surface area contributed by atoms with Crippen molar-refractivity contribution in [3.05, 3.63) is 70.2 Å². The number of hydrogen-bond acceptors (Lipinski definition) is 4. The molecule has 1 unspecified atom stereocenters. The zero-order valence-corrected chi connectivity index (χ0v) is 14.3. The zero-order valence-electron chi connectivity index (χ0n) is 13.6. The lowest BCUT2D eigenvalue weighted by atomic mass is 9.99. The van der Waals surface area contributed by atoms with Crippen LogP contribution in [0.1, 0.15) is 36.0 Å². The van der Waals surface area contributed by atoms with E-state index in [-0.39, 0.29) is 6.61 Å². The number of aryl methyl sites for hydroxylation is 1. The molecule has 0 saturated carbocycles. The average molecular weight is 347 g/mol. The molecule has 1 heterocycles. The third kappa shape index (κ3) is 3.31. The number of esters is 1. The van der Waals surface area contributed by atoms with Gasteiger partial charge in [-0.3, -0.25) is 0 Å². The number of carbonyl (C=O) groups excluding carboxylic acids is 1. The van der Waals surface area contributed by atoms with Crippen LogP contribution in [-0.4, -0.2) is 18.7 Å². The molecule has 1 aliphatic rings. The van der Waals surface area contributed by atoms with Crippen LogP contribution in [0.4, 0.5) is 0 Å². The molecule has 24 heavy (non-hydrogen) atoms. The van der Waals surface area contributed by atoms with Gasteiger partial charge in [-0.25, -0.2) is 4.79 Å². The number of ether oxygens (including phenoxy) is 3. The Hall–Kier alpha value is -1.88.